The van der Waals surface area contributed by atoms with Crippen LogP contribution in [0, 0.1) is 0 Å². The Morgan fingerprint density at radius 1 is 0.762 bits per heavy atom. The van der Waals surface area contributed by atoms with Crippen LogP contribution in [0.5, 0.6) is 0 Å². The third-order valence-electron chi connectivity index (χ3n) is 3.65. The van der Waals surface area contributed by atoms with Crippen molar-refractivity contribution in [2.75, 3.05) is 62.4 Å². The van der Waals surface area contributed by atoms with E-state index >= 15 is 0 Å². The van der Waals surface area contributed by atoms with Crippen LogP contribution in [0.4, 0.5) is 0 Å². The summed E-state index contributed by atoms with van der Waals surface area (Å²) in [5.41, 5.74) is 0. The Morgan fingerprint density at radius 3 is 1.52 bits per heavy atom. The quantitative estimate of drug-likeness (QED) is 0.678. The van der Waals surface area contributed by atoms with E-state index in [1.165, 1.54) is 0 Å². The van der Waals surface area contributed by atoms with E-state index in [2.05, 4.69) is 0 Å². The largest absolute Gasteiger partial charge is 0.380 e. The molecule has 2 aliphatic heterocycles. The minimum atomic E-state index is 0.176. The zero-order valence-electron chi connectivity index (χ0n) is 12.4. The van der Waals surface area contributed by atoms with Crippen molar-refractivity contribution >= 4 is 35.3 Å². The van der Waals surface area contributed by atoms with Crippen LogP contribution < -0.4 is 0 Å². The van der Waals surface area contributed by atoms with Gasteiger partial charge in [0.2, 0.25) is 11.8 Å². The van der Waals surface area contributed by atoms with Crippen molar-refractivity contribution < 1.29 is 14.3 Å². The second kappa shape index (κ2) is 9.58. The van der Waals surface area contributed by atoms with E-state index < -0.39 is 0 Å². The van der Waals surface area contributed by atoms with Crippen molar-refractivity contribution in [3.05, 3.63) is 0 Å². The summed E-state index contributed by atoms with van der Waals surface area (Å²) in [4.78, 5) is 27.6. The van der Waals surface area contributed by atoms with Gasteiger partial charge >= 0.3 is 0 Å². The summed E-state index contributed by atoms with van der Waals surface area (Å²) >= 11 is 3.79. The number of hydrogen-bond donors (Lipinski definition) is 0. The van der Waals surface area contributed by atoms with Gasteiger partial charge in [-0.15, -0.1) is 0 Å². The molecule has 7 heteroatoms. The highest BCUT2D eigenvalue weighted by atomic mass is 32.2. The highest BCUT2D eigenvalue weighted by Gasteiger charge is 2.17. The average Bonchev–Trinajstić information content (AvgIpc) is 2.55. The van der Waals surface area contributed by atoms with Gasteiger partial charge in [-0.3, -0.25) is 9.59 Å². The number of hydrogen-bond acceptors (Lipinski definition) is 5. The molecule has 2 saturated heterocycles. The number of thioether (sulfide) groups is 2. The number of ether oxygens (including phenoxy) is 1. The molecule has 2 fully saturated rings. The molecule has 0 aromatic heterocycles. The topological polar surface area (TPSA) is 49.9 Å². The fourth-order valence-corrected chi connectivity index (χ4v) is 4.17. The second-order valence-electron chi connectivity index (χ2n) is 5.10. The molecule has 2 amide bonds. The smallest absolute Gasteiger partial charge is 0.224 e. The number of nitrogens with zero attached hydrogens (tertiary/aromatic N) is 2. The Kier molecular flexibility index (Phi) is 7.74. The molecule has 0 radical (unpaired) electrons. The Hall–Kier alpha value is -0.400. The van der Waals surface area contributed by atoms with E-state index in [-0.39, 0.29) is 11.8 Å². The first-order chi connectivity index (χ1) is 10.3. The van der Waals surface area contributed by atoms with Crippen molar-refractivity contribution in [1.29, 1.82) is 0 Å². The lowest BCUT2D eigenvalue weighted by molar-refractivity contribution is -0.132. The molecule has 5 nitrogen and oxygen atoms in total. The third-order valence-corrected chi connectivity index (χ3v) is 5.53. The molecule has 0 aliphatic carbocycles. The fourth-order valence-electron chi connectivity index (χ4n) is 2.36. The summed E-state index contributed by atoms with van der Waals surface area (Å²) in [6.45, 7) is 4.27. The Morgan fingerprint density at radius 2 is 1.14 bits per heavy atom. The molecule has 0 unspecified atom stereocenters. The summed E-state index contributed by atoms with van der Waals surface area (Å²) in [5.74, 6) is 4.50. The van der Waals surface area contributed by atoms with Crippen LogP contribution in [0.1, 0.15) is 12.8 Å². The van der Waals surface area contributed by atoms with Gasteiger partial charge in [0, 0.05) is 49.2 Å². The zero-order valence-corrected chi connectivity index (χ0v) is 14.1. The summed E-state index contributed by atoms with van der Waals surface area (Å²) < 4.78 is 5.45. The van der Waals surface area contributed by atoms with Gasteiger partial charge in [-0.1, -0.05) is 0 Å². The van der Waals surface area contributed by atoms with E-state index in [0.29, 0.717) is 26.1 Å². The van der Waals surface area contributed by atoms with E-state index in [4.69, 9.17) is 4.74 Å². The van der Waals surface area contributed by atoms with Crippen LogP contribution in [0.15, 0.2) is 0 Å². The summed E-state index contributed by atoms with van der Waals surface area (Å²) in [6, 6.07) is 0. The molecule has 0 saturated carbocycles. The van der Waals surface area contributed by atoms with Crippen molar-refractivity contribution in [2.24, 2.45) is 0 Å². The molecule has 120 valence electrons. The first-order valence-electron chi connectivity index (χ1n) is 7.56. The summed E-state index contributed by atoms with van der Waals surface area (Å²) in [6.07, 6.45) is 0.860. The van der Waals surface area contributed by atoms with Gasteiger partial charge in [-0.05, 0) is 0 Å². The molecule has 0 atom stereocenters. The van der Waals surface area contributed by atoms with Crippen molar-refractivity contribution in [3.8, 4) is 0 Å². The Bertz CT molecular complexity index is 311. The molecule has 0 spiro atoms. The maximum atomic E-state index is 11.9. The Labute approximate surface area is 135 Å². The minimum Gasteiger partial charge on any atom is -0.380 e. The van der Waals surface area contributed by atoms with E-state index in [9.17, 15) is 9.59 Å². The van der Waals surface area contributed by atoms with Crippen LogP contribution in [0.2, 0.25) is 0 Å². The maximum Gasteiger partial charge on any atom is 0.224 e. The zero-order chi connectivity index (χ0) is 14.9. The first-order valence-corrected chi connectivity index (χ1v) is 9.87. The van der Waals surface area contributed by atoms with E-state index in [0.717, 1.165) is 49.2 Å². The second-order valence-corrected chi connectivity index (χ2v) is 7.55. The van der Waals surface area contributed by atoms with Gasteiger partial charge in [-0.2, -0.15) is 23.5 Å². The highest BCUT2D eigenvalue weighted by Crippen LogP contribution is 2.11. The predicted octanol–water partition coefficient (Wildman–Crippen LogP) is 0.934. The van der Waals surface area contributed by atoms with Gasteiger partial charge < -0.3 is 14.5 Å². The molecule has 2 rings (SSSR count). The van der Waals surface area contributed by atoms with Gasteiger partial charge in [-0.25, -0.2) is 0 Å². The lowest BCUT2D eigenvalue weighted by Crippen LogP contribution is -2.39. The third kappa shape index (κ3) is 6.08. The molecule has 0 bridgehead atoms. The average molecular weight is 332 g/mol. The number of carbonyl (C=O) groups excluding carboxylic acids is 2. The minimum absolute atomic E-state index is 0.176. The van der Waals surface area contributed by atoms with Crippen LogP contribution in [0.3, 0.4) is 0 Å². The molecule has 0 N–H and O–H groups in total. The standard InChI is InChI=1S/C14H24N2O3S2/c17-13(15-3-9-20-10-4-15)1-7-19-8-2-14(18)16-5-11-21-12-6-16/h1-12H2. The SMILES string of the molecule is O=C(CCOCCC(=O)N1CCSCC1)N1CCSCC1. The van der Waals surface area contributed by atoms with Gasteiger partial charge in [0.15, 0.2) is 0 Å². The Balaban J connectivity index is 1.51. The van der Waals surface area contributed by atoms with Crippen LogP contribution >= 0.6 is 23.5 Å². The molecule has 0 aromatic carbocycles. The fraction of sp³-hybridized carbons (Fsp3) is 0.857. The van der Waals surface area contributed by atoms with E-state index in [1.54, 1.807) is 0 Å². The molecule has 2 aliphatic rings. The van der Waals surface area contributed by atoms with E-state index in [1.807, 2.05) is 33.3 Å². The lowest BCUT2D eigenvalue weighted by Gasteiger charge is -2.27. The van der Waals surface area contributed by atoms with Crippen molar-refractivity contribution in [3.63, 3.8) is 0 Å². The van der Waals surface area contributed by atoms with Crippen molar-refractivity contribution in [2.45, 2.75) is 12.8 Å². The lowest BCUT2D eigenvalue weighted by atomic mass is 10.3. The molecule has 2 heterocycles. The molecular formula is C14H24N2O3S2. The maximum absolute atomic E-state index is 11.9. The van der Waals surface area contributed by atoms with Gasteiger partial charge in [0.05, 0.1) is 26.1 Å². The number of amides is 2. The normalized spacial score (nSPS) is 19.6. The van der Waals surface area contributed by atoms with Gasteiger partial charge in [0.1, 0.15) is 0 Å². The number of carbonyl (C=O) groups is 2. The highest BCUT2D eigenvalue weighted by molar-refractivity contribution is 7.99. The number of rotatable bonds is 6. The van der Waals surface area contributed by atoms with Crippen LogP contribution in [0.25, 0.3) is 0 Å². The summed E-state index contributed by atoms with van der Waals surface area (Å²) in [5, 5.41) is 0. The monoisotopic (exact) mass is 332 g/mol. The first kappa shape index (κ1) is 17.0. The molecule has 21 heavy (non-hydrogen) atoms. The van der Waals surface area contributed by atoms with Crippen LogP contribution in [-0.2, 0) is 14.3 Å². The van der Waals surface area contributed by atoms with Crippen molar-refractivity contribution in [1.82, 2.24) is 9.80 Å². The molecular weight excluding hydrogens is 308 g/mol. The van der Waals surface area contributed by atoms with Gasteiger partial charge in [0.25, 0.3) is 0 Å². The summed E-state index contributed by atoms with van der Waals surface area (Å²) in [7, 11) is 0. The predicted molar refractivity (Wildman–Crippen MR) is 87.9 cm³/mol. The van der Waals surface area contributed by atoms with Crippen LogP contribution in [-0.4, -0.2) is 84.0 Å². The molecule has 0 aromatic rings.